The summed E-state index contributed by atoms with van der Waals surface area (Å²) in [5.41, 5.74) is 13.1. The molecule has 2 aromatic heterocycles. The molecule has 0 aliphatic carbocycles. The molecule has 0 saturated heterocycles. The van der Waals surface area contributed by atoms with E-state index in [0.29, 0.717) is 5.95 Å². The van der Waals surface area contributed by atoms with Crippen LogP contribution in [0.2, 0.25) is 0 Å². The van der Waals surface area contributed by atoms with Crippen LogP contribution in [-0.2, 0) is 0 Å². The van der Waals surface area contributed by atoms with Crippen LogP contribution in [0.25, 0.3) is 26.9 Å². The van der Waals surface area contributed by atoms with Crippen molar-refractivity contribution >= 4 is 38.5 Å². The van der Waals surface area contributed by atoms with E-state index < -0.39 is 0 Å². The summed E-state index contributed by atoms with van der Waals surface area (Å²) in [6.07, 6.45) is 0. The summed E-state index contributed by atoms with van der Waals surface area (Å²) in [5, 5.41) is 0. The topological polar surface area (TPSA) is 56.7 Å². The molecule has 0 radical (unpaired) electrons. The second-order valence-corrected chi connectivity index (χ2v) is 5.69. The van der Waals surface area contributed by atoms with Gasteiger partial charge in [-0.05, 0) is 42.8 Å². The Morgan fingerprint density at radius 1 is 1.10 bits per heavy atom. The van der Waals surface area contributed by atoms with Crippen LogP contribution in [0.1, 0.15) is 5.56 Å². The molecule has 0 fully saturated rings. The fourth-order valence-electron chi connectivity index (χ4n) is 2.46. The first-order chi connectivity index (χ1) is 9.72. The maximum Gasteiger partial charge on any atom is 0.205 e. The van der Waals surface area contributed by atoms with Crippen molar-refractivity contribution in [2.45, 2.75) is 6.92 Å². The lowest BCUT2D eigenvalue weighted by atomic mass is 10.2. The van der Waals surface area contributed by atoms with Crippen molar-refractivity contribution in [1.82, 2.24) is 14.5 Å². The number of hydrogen-bond donors (Lipinski definition) is 1. The average molecular weight is 280 g/mol. The summed E-state index contributed by atoms with van der Waals surface area (Å²) in [4.78, 5) is 8.75. The Hall–Kier alpha value is -2.40. The fourth-order valence-corrected chi connectivity index (χ4v) is 3.17. The maximum absolute atomic E-state index is 6.09. The highest BCUT2D eigenvalue weighted by Gasteiger charge is 2.10. The summed E-state index contributed by atoms with van der Waals surface area (Å²) >= 11 is 1.63. The van der Waals surface area contributed by atoms with Crippen molar-refractivity contribution in [3.8, 4) is 5.69 Å². The van der Waals surface area contributed by atoms with Gasteiger partial charge in [0.25, 0.3) is 0 Å². The monoisotopic (exact) mass is 280 g/mol. The molecule has 0 spiro atoms. The molecule has 0 bridgehead atoms. The Balaban J connectivity index is 2.03. The minimum Gasteiger partial charge on any atom is -0.369 e. The van der Waals surface area contributed by atoms with Crippen molar-refractivity contribution in [2.24, 2.45) is 0 Å². The van der Waals surface area contributed by atoms with Gasteiger partial charge in [0.15, 0.2) is 0 Å². The number of imidazole rings is 1. The zero-order valence-electron chi connectivity index (χ0n) is 10.9. The molecule has 0 aliphatic heterocycles. The van der Waals surface area contributed by atoms with Gasteiger partial charge in [-0.1, -0.05) is 6.07 Å². The Morgan fingerprint density at radius 3 is 2.90 bits per heavy atom. The molecular weight excluding hydrogens is 268 g/mol. The zero-order chi connectivity index (χ0) is 13.7. The molecule has 0 amide bonds. The Morgan fingerprint density at radius 2 is 2.00 bits per heavy atom. The minimum absolute atomic E-state index is 0.509. The summed E-state index contributed by atoms with van der Waals surface area (Å²) < 4.78 is 3.13. The highest BCUT2D eigenvalue weighted by molar-refractivity contribution is 7.16. The number of fused-ring (bicyclic) bond motifs is 2. The second kappa shape index (κ2) is 4.05. The minimum atomic E-state index is 0.509. The van der Waals surface area contributed by atoms with Crippen LogP contribution < -0.4 is 5.73 Å². The van der Waals surface area contributed by atoms with E-state index in [9.17, 15) is 0 Å². The van der Waals surface area contributed by atoms with E-state index >= 15 is 0 Å². The smallest absolute Gasteiger partial charge is 0.205 e. The lowest BCUT2D eigenvalue weighted by molar-refractivity contribution is 1.11. The van der Waals surface area contributed by atoms with Gasteiger partial charge in [-0.2, -0.15) is 0 Å². The van der Waals surface area contributed by atoms with E-state index in [-0.39, 0.29) is 0 Å². The van der Waals surface area contributed by atoms with Gasteiger partial charge in [0.05, 0.1) is 32.4 Å². The van der Waals surface area contributed by atoms with Gasteiger partial charge < -0.3 is 5.73 Å². The number of aryl methyl sites for hydroxylation is 1. The lowest BCUT2D eigenvalue weighted by Crippen LogP contribution is -2.00. The average Bonchev–Trinajstić information content (AvgIpc) is 3.00. The highest BCUT2D eigenvalue weighted by Crippen LogP contribution is 2.27. The molecule has 4 aromatic rings. The van der Waals surface area contributed by atoms with Gasteiger partial charge >= 0.3 is 0 Å². The standard InChI is InChI=1S/C15H12N4S/c1-9-2-5-13-12(6-9)18-15(16)19(13)10-3-4-11-14(7-10)20-8-17-11/h2-8H,1H3,(H2,16,18). The van der Waals surface area contributed by atoms with E-state index in [1.54, 1.807) is 11.3 Å². The quantitative estimate of drug-likeness (QED) is 0.580. The number of aromatic nitrogens is 3. The number of nitrogen functional groups attached to an aromatic ring is 1. The Bertz CT molecular complexity index is 936. The van der Waals surface area contributed by atoms with Crippen LogP contribution in [0, 0.1) is 6.92 Å². The molecule has 5 heteroatoms. The van der Waals surface area contributed by atoms with E-state index in [1.807, 2.05) is 28.3 Å². The number of anilines is 1. The Labute approximate surface area is 119 Å². The van der Waals surface area contributed by atoms with Crippen LogP contribution in [0.4, 0.5) is 5.95 Å². The van der Waals surface area contributed by atoms with Gasteiger partial charge in [-0.25, -0.2) is 9.97 Å². The molecule has 4 nitrogen and oxygen atoms in total. The third kappa shape index (κ3) is 1.60. The van der Waals surface area contributed by atoms with Crippen LogP contribution >= 0.6 is 11.3 Å². The molecule has 2 N–H and O–H groups in total. The maximum atomic E-state index is 6.09. The number of rotatable bonds is 1. The molecule has 4 rings (SSSR count). The SMILES string of the molecule is Cc1ccc2c(c1)nc(N)n2-c1ccc2ncsc2c1. The largest absolute Gasteiger partial charge is 0.369 e. The molecule has 0 atom stereocenters. The third-order valence-electron chi connectivity index (χ3n) is 3.41. The second-order valence-electron chi connectivity index (χ2n) is 4.80. The Kier molecular flexibility index (Phi) is 2.31. The van der Waals surface area contributed by atoms with E-state index in [1.165, 1.54) is 5.56 Å². The number of nitrogens with zero attached hydrogens (tertiary/aromatic N) is 3. The summed E-state index contributed by atoms with van der Waals surface area (Å²) in [7, 11) is 0. The number of nitrogens with two attached hydrogens (primary N) is 1. The van der Waals surface area contributed by atoms with Gasteiger partial charge in [-0.3, -0.25) is 4.57 Å². The van der Waals surface area contributed by atoms with Crippen LogP contribution in [-0.4, -0.2) is 14.5 Å². The van der Waals surface area contributed by atoms with E-state index in [0.717, 1.165) is 26.9 Å². The highest BCUT2D eigenvalue weighted by atomic mass is 32.1. The van der Waals surface area contributed by atoms with Crippen LogP contribution in [0.5, 0.6) is 0 Å². The van der Waals surface area contributed by atoms with E-state index in [2.05, 4.69) is 35.1 Å². The first-order valence-electron chi connectivity index (χ1n) is 6.30. The van der Waals surface area contributed by atoms with Crippen molar-refractivity contribution in [3.63, 3.8) is 0 Å². The normalized spacial score (nSPS) is 11.4. The molecule has 0 aliphatic rings. The van der Waals surface area contributed by atoms with Crippen molar-refractivity contribution in [2.75, 3.05) is 5.73 Å². The first-order valence-corrected chi connectivity index (χ1v) is 7.18. The molecule has 0 unspecified atom stereocenters. The van der Waals surface area contributed by atoms with Crippen molar-refractivity contribution in [1.29, 1.82) is 0 Å². The summed E-state index contributed by atoms with van der Waals surface area (Å²) in [6.45, 7) is 2.05. The molecule has 2 heterocycles. The van der Waals surface area contributed by atoms with E-state index in [4.69, 9.17) is 5.73 Å². The van der Waals surface area contributed by atoms with Gasteiger partial charge in [0.1, 0.15) is 0 Å². The van der Waals surface area contributed by atoms with Crippen LogP contribution in [0.3, 0.4) is 0 Å². The number of benzene rings is 2. The predicted molar refractivity (Wildman–Crippen MR) is 83.4 cm³/mol. The molecule has 98 valence electrons. The van der Waals surface area contributed by atoms with Gasteiger partial charge in [0.2, 0.25) is 5.95 Å². The predicted octanol–water partition coefficient (Wildman–Crippen LogP) is 3.53. The fraction of sp³-hybridized carbons (Fsp3) is 0.0667. The lowest BCUT2D eigenvalue weighted by Gasteiger charge is -2.06. The van der Waals surface area contributed by atoms with Crippen molar-refractivity contribution < 1.29 is 0 Å². The van der Waals surface area contributed by atoms with Gasteiger partial charge in [-0.15, -0.1) is 11.3 Å². The third-order valence-corrected chi connectivity index (χ3v) is 4.20. The molecular formula is C15H12N4S. The van der Waals surface area contributed by atoms with Gasteiger partial charge in [0, 0.05) is 0 Å². The van der Waals surface area contributed by atoms with Crippen LogP contribution in [0.15, 0.2) is 41.9 Å². The summed E-state index contributed by atoms with van der Waals surface area (Å²) in [5.74, 6) is 0.509. The zero-order valence-corrected chi connectivity index (χ0v) is 11.7. The molecule has 2 aromatic carbocycles. The molecule has 20 heavy (non-hydrogen) atoms. The first kappa shape index (κ1) is 11.4. The summed E-state index contributed by atoms with van der Waals surface area (Å²) in [6, 6.07) is 12.3. The number of hydrogen-bond acceptors (Lipinski definition) is 4. The molecule has 0 saturated carbocycles. The number of thiazole rings is 1. The van der Waals surface area contributed by atoms with Crippen molar-refractivity contribution in [3.05, 3.63) is 47.5 Å².